The molecule has 1 aromatic carbocycles. The van der Waals surface area contributed by atoms with Gasteiger partial charge in [-0.15, -0.1) is 0 Å². The van der Waals surface area contributed by atoms with Crippen molar-refractivity contribution in [2.75, 3.05) is 5.32 Å². The Balaban J connectivity index is 1.87. The Hall–Kier alpha value is -2.03. The van der Waals surface area contributed by atoms with E-state index in [0.29, 0.717) is 12.6 Å². The fraction of sp³-hybridized carbons (Fsp3) is 0.353. The highest BCUT2D eigenvalue weighted by atomic mass is 16.1. The molecule has 1 unspecified atom stereocenters. The quantitative estimate of drug-likeness (QED) is 0.927. The maximum Gasteiger partial charge on any atom is 0.250 e. The van der Waals surface area contributed by atoms with Crippen LogP contribution in [0.1, 0.15) is 36.1 Å². The summed E-state index contributed by atoms with van der Waals surface area (Å²) in [5, 5.41) is 3.57. The Kier molecular flexibility index (Phi) is 3.35. The summed E-state index contributed by atoms with van der Waals surface area (Å²) in [5.41, 5.74) is 5.22. The van der Waals surface area contributed by atoms with Crippen molar-refractivity contribution in [3.63, 3.8) is 0 Å². The van der Waals surface area contributed by atoms with E-state index < -0.39 is 0 Å². The van der Waals surface area contributed by atoms with Gasteiger partial charge in [-0.1, -0.05) is 23.8 Å². The molecule has 104 valence electrons. The van der Waals surface area contributed by atoms with E-state index in [2.05, 4.69) is 30.4 Å². The van der Waals surface area contributed by atoms with Crippen LogP contribution in [0.5, 0.6) is 0 Å². The van der Waals surface area contributed by atoms with Crippen LogP contribution < -0.4 is 10.9 Å². The highest BCUT2D eigenvalue weighted by Gasteiger charge is 2.22. The van der Waals surface area contributed by atoms with Crippen molar-refractivity contribution >= 4 is 5.69 Å². The number of fused-ring (bicyclic) bond motifs is 1. The minimum Gasteiger partial charge on any atom is -0.377 e. The third-order valence-corrected chi connectivity index (χ3v) is 4.04. The van der Waals surface area contributed by atoms with Crippen molar-refractivity contribution in [2.45, 2.75) is 39.3 Å². The number of pyridine rings is 1. The lowest BCUT2D eigenvalue weighted by molar-refractivity contribution is 0.718. The molecule has 1 aliphatic carbocycles. The van der Waals surface area contributed by atoms with E-state index in [0.717, 1.165) is 18.5 Å². The summed E-state index contributed by atoms with van der Waals surface area (Å²) in [7, 11) is 0. The summed E-state index contributed by atoms with van der Waals surface area (Å²) < 4.78 is 1.73. The number of aryl methyl sites for hydroxylation is 3. The number of benzene rings is 1. The second-order valence-corrected chi connectivity index (χ2v) is 5.48. The highest BCUT2D eigenvalue weighted by Crippen LogP contribution is 2.34. The first-order valence-corrected chi connectivity index (χ1v) is 7.24. The summed E-state index contributed by atoms with van der Waals surface area (Å²) in [6, 6.07) is 10.6. The van der Waals surface area contributed by atoms with E-state index in [9.17, 15) is 4.79 Å². The molecule has 0 saturated carbocycles. The molecule has 0 bridgehead atoms. The van der Waals surface area contributed by atoms with Gasteiger partial charge in [-0.25, -0.2) is 0 Å². The van der Waals surface area contributed by atoms with Crippen molar-refractivity contribution in [1.82, 2.24) is 4.57 Å². The largest absolute Gasteiger partial charge is 0.377 e. The summed E-state index contributed by atoms with van der Waals surface area (Å²) in [4.78, 5) is 11.6. The molecule has 1 atom stereocenters. The molecule has 0 radical (unpaired) electrons. The van der Waals surface area contributed by atoms with Crippen LogP contribution in [0.2, 0.25) is 0 Å². The molecule has 1 aliphatic rings. The highest BCUT2D eigenvalue weighted by molar-refractivity contribution is 5.47. The molecule has 3 nitrogen and oxygen atoms in total. The van der Waals surface area contributed by atoms with Crippen molar-refractivity contribution in [1.29, 1.82) is 0 Å². The van der Waals surface area contributed by atoms with Crippen LogP contribution in [-0.4, -0.2) is 4.57 Å². The van der Waals surface area contributed by atoms with Crippen molar-refractivity contribution < 1.29 is 0 Å². The Labute approximate surface area is 119 Å². The van der Waals surface area contributed by atoms with Crippen molar-refractivity contribution in [3.05, 3.63) is 63.6 Å². The zero-order valence-corrected chi connectivity index (χ0v) is 12.0. The number of hydrogen-bond acceptors (Lipinski definition) is 2. The zero-order valence-electron chi connectivity index (χ0n) is 12.0. The number of nitrogens with one attached hydrogen (secondary N) is 1. The van der Waals surface area contributed by atoms with Crippen LogP contribution in [0.3, 0.4) is 0 Å². The van der Waals surface area contributed by atoms with Gasteiger partial charge in [0.15, 0.2) is 0 Å². The molecular formula is C17H20N2O. The van der Waals surface area contributed by atoms with Crippen LogP contribution in [0, 0.1) is 6.92 Å². The van der Waals surface area contributed by atoms with Crippen LogP contribution in [0.25, 0.3) is 0 Å². The van der Waals surface area contributed by atoms with E-state index in [4.69, 9.17) is 0 Å². The Morgan fingerprint density at radius 1 is 1.30 bits per heavy atom. The minimum atomic E-state index is 0.0562. The monoisotopic (exact) mass is 268 g/mol. The van der Waals surface area contributed by atoms with Gasteiger partial charge in [0.25, 0.3) is 5.56 Å². The summed E-state index contributed by atoms with van der Waals surface area (Å²) in [5.74, 6) is 0. The molecule has 3 heteroatoms. The van der Waals surface area contributed by atoms with Gasteiger partial charge in [0.2, 0.25) is 0 Å². The van der Waals surface area contributed by atoms with Crippen molar-refractivity contribution in [3.8, 4) is 0 Å². The Morgan fingerprint density at radius 3 is 2.95 bits per heavy atom. The van der Waals surface area contributed by atoms with Crippen LogP contribution >= 0.6 is 0 Å². The minimum absolute atomic E-state index is 0.0562. The van der Waals surface area contributed by atoms with Gasteiger partial charge in [-0.05, 0) is 43.9 Å². The normalized spacial score (nSPS) is 17.0. The molecule has 0 saturated heterocycles. The maximum atomic E-state index is 11.6. The van der Waals surface area contributed by atoms with E-state index in [-0.39, 0.29) is 5.56 Å². The summed E-state index contributed by atoms with van der Waals surface area (Å²) >= 11 is 0. The Bertz CT molecular complexity index is 688. The number of anilines is 1. The molecule has 3 rings (SSSR count). The smallest absolute Gasteiger partial charge is 0.250 e. The van der Waals surface area contributed by atoms with Gasteiger partial charge in [0.05, 0.1) is 11.7 Å². The molecule has 1 aromatic heterocycles. The summed E-state index contributed by atoms with van der Waals surface area (Å²) in [6.45, 7) is 4.82. The van der Waals surface area contributed by atoms with E-state index in [1.807, 2.05) is 19.2 Å². The van der Waals surface area contributed by atoms with Crippen LogP contribution in [0.4, 0.5) is 5.69 Å². The second kappa shape index (κ2) is 5.16. The van der Waals surface area contributed by atoms with Gasteiger partial charge in [-0.3, -0.25) is 4.79 Å². The SMILES string of the molecule is CCn1cc(NC2CCc3ccc(C)cc32)ccc1=O. The summed E-state index contributed by atoms with van der Waals surface area (Å²) in [6.07, 6.45) is 4.15. The van der Waals surface area contributed by atoms with Gasteiger partial charge in [0.1, 0.15) is 0 Å². The van der Waals surface area contributed by atoms with Gasteiger partial charge < -0.3 is 9.88 Å². The molecule has 20 heavy (non-hydrogen) atoms. The molecule has 1 heterocycles. The second-order valence-electron chi connectivity index (χ2n) is 5.48. The van der Waals surface area contributed by atoms with Gasteiger partial charge in [-0.2, -0.15) is 0 Å². The average molecular weight is 268 g/mol. The first kappa shape index (κ1) is 13.0. The van der Waals surface area contributed by atoms with Gasteiger partial charge >= 0.3 is 0 Å². The number of rotatable bonds is 3. The molecule has 1 N–H and O–H groups in total. The van der Waals surface area contributed by atoms with E-state index in [1.165, 1.54) is 16.7 Å². The fourth-order valence-electron chi connectivity index (χ4n) is 2.94. The van der Waals surface area contributed by atoms with Crippen LogP contribution in [0.15, 0.2) is 41.3 Å². The first-order valence-electron chi connectivity index (χ1n) is 7.24. The lowest BCUT2D eigenvalue weighted by atomic mass is 10.0. The predicted molar refractivity (Wildman–Crippen MR) is 82.2 cm³/mol. The molecular weight excluding hydrogens is 248 g/mol. The molecule has 2 aromatic rings. The molecule has 0 amide bonds. The standard InChI is InChI=1S/C17H20N2O/c1-3-19-11-14(7-9-17(19)20)18-16-8-6-13-5-4-12(2)10-15(13)16/h4-5,7,9-11,16,18H,3,6,8H2,1-2H3. The maximum absolute atomic E-state index is 11.6. The number of nitrogens with zero attached hydrogens (tertiary/aromatic N) is 1. The number of hydrogen-bond donors (Lipinski definition) is 1. The van der Waals surface area contributed by atoms with Crippen LogP contribution in [-0.2, 0) is 13.0 Å². The molecule has 0 fully saturated rings. The molecule has 0 spiro atoms. The Morgan fingerprint density at radius 2 is 2.15 bits per heavy atom. The fourth-order valence-corrected chi connectivity index (χ4v) is 2.94. The first-order chi connectivity index (χ1) is 9.67. The zero-order chi connectivity index (χ0) is 14.1. The third-order valence-electron chi connectivity index (χ3n) is 4.04. The third kappa shape index (κ3) is 2.36. The number of aromatic nitrogens is 1. The van der Waals surface area contributed by atoms with Gasteiger partial charge in [0, 0.05) is 18.8 Å². The lowest BCUT2D eigenvalue weighted by Gasteiger charge is -2.17. The average Bonchev–Trinajstić information content (AvgIpc) is 2.83. The van der Waals surface area contributed by atoms with Crippen molar-refractivity contribution in [2.24, 2.45) is 0 Å². The predicted octanol–water partition coefficient (Wildman–Crippen LogP) is 3.28. The van der Waals surface area contributed by atoms with E-state index >= 15 is 0 Å². The topological polar surface area (TPSA) is 34.0 Å². The van der Waals surface area contributed by atoms with E-state index in [1.54, 1.807) is 10.6 Å². The lowest BCUT2D eigenvalue weighted by Crippen LogP contribution is -2.18. The molecule has 0 aliphatic heterocycles.